The Labute approximate surface area is 144 Å². The van der Waals surface area contributed by atoms with Gasteiger partial charge < -0.3 is 0 Å². The van der Waals surface area contributed by atoms with E-state index in [1.807, 2.05) is 0 Å². The first-order valence-corrected chi connectivity index (χ1v) is 12.1. The molecule has 1 aromatic heterocycles. The molecule has 0 saturated carbocycles. The Kier molecular flexibility index (Phi) is 5.55. The second-order valence-corrected chi connectivity index (χ2v) is 14.4. The molecule has 0 aliphatic carbocycles. The predicted octanol–water partition coefficient (Wildman–Crippen LogP) is 6.18. The molecule has 0 amide bonds. The van der Waals surface area contributed by atoms with Crippen molar-refractivity contribution >= 4 is 32.2 Å². The molecule has 0 bridgehead atoms. The molecular formula is C20H31NP2. The SMILES string of the molecule is CP(Cc1cc2ccccc2nc1P(C)C(C)(C)C)C(C)(C)C. The van der Waals surface area contributed by atoms with Gasteiger partial charge >= 0.3 is 0 Å². The molecule has 3 heteroatoms. The molecule has 2 atom stereocenters. The van der Waals surface area contributed by atoms with Crippen molar-refractivity contribution in [1.29, 1.82) is 0 Å². The first kappa shape index (κ1) is 18.8. The number of aromatic nitrogens is 1. The first-order valence-electron chi connectivity index (χ1n) is 8.34. The second kappa shape index (κ2) is 6.78. The molecule has 2 rings (SSSR count). The minimum absolute atomic E-state index is 0.0597. The van der Waals surface area contributed by atoms with Gasteiger partial charge in [0.2, 0.25) is 0 Å². The van der Waals surface area contributed by atoms with E-state index in [4.69, 9.17) is 4.98 Å². The summed E-state index contributed by atoms with van der Waals surface area (Å²) in [7, 11) is -0.338. The third kappa shape index (κ3) is 4.52. The van der Waals surface area contributed by atoms with Gasteiger partial charge in [-0.2, -0.15) is 0 Å². The van der Waals surface area contributed by atoms with Gasteiger partial charge in [0, 0.05) is 5.39 Å². The van der Waals surface area contributed by atoms with E-state index in [2.05, 4.69) is 85.2 Å². The van der Waals surface area contributed by atoms with Crippen LogP contribution in [0.4, 0.5) is 0 Å². The normalized spacial score (nSPS) is 15.7. The number of nitrogens with zero attached hydrogens (tertiary/aromatic N) is 1. The third-order valence-corrected chi connectivity index (χ3v) is 10.8. The Balaban J connectivity index is 2.55. The summed E-state index contributed by atoms with van der Waals surface area (Å²) in [4.78, 5) is 5.12. The Morgan fingerprint density at radius 3 is 2.09 bits per heavy atom. The smallest absolute Gasteiger partial charge is 0.0709 e. The zero-order valence-corrected chi connectivity index (χ0v) is 17.7. The van der Waals surface area contributed by atoms with E-state index >= 15 is 0 Å². The van der Waals surface area contributed by atoms with Crippen LogP contribution < -0.4 is 5.44 Å². The summed E-state index contributed by atoms with van der Waals surface area (Å²) in [6, 6.07) is 11.0. The lowest BCUT2D eigenvalue weighted by Gasteiger charge is -2.32. The zero-order chi connectivity index (χ0) is 17.4. The molecule has 1 aromatic carbocycles. The standard InChI is InChI=1S/C20H31NP2/c1-19(2,3)22(7)14-16-13-15-11-9-10-12-17(15)21-18(16)23(8)20(4,5)6/h9-13H,14H2,1-8H3. The van der Waals surface area contributed by atoms with Crippen LogP contribution in [0.25, 0.3) is 10.9 Å². The Hall–Kier alpha value is -0.510. The van der Waals surface area contributed by atoms with Crippen LogP contribution in [0.2, 0.25) is 0 Å². The molecule has 1 heterocycles. The number of hydrogen-bond acceptors (Lipinski definition) is 1. The lowest BCUT2D eigenvalue weighted by atomic mass is 10.2. The van der Waals surface area contributed by atoms with Crippen LogP contribution in [-0.2, 0) is 6.16 Å². The fourth-order valence-corrected chi connectivity index (χ4v) is 5.19. The quantitative estimate of drug-likeness (QED) is 0.604. The summed E-state index contributed by atoms with van der Waals surface area (Å²) in [5.74, 6) is 0. The van der Waals surface area contributed by atoms with Gasteiger partial charge in [0.05, 0.1) is 11.0 Å². The predicted molar refractivity (Wildman–Crippen MR) is 110 cm³/mol. The van der Waals surface area contributed by atoms with Crippen LogP contribution in [-0.4, -0.2) is 28.6 Å². The summed E-state index contributed by atoms with van der Waals surface area (Å²) in [6.07, 6.45) is 1.18. The highest BCUT2D eigenvalue weighted by molar-refractivity contribution is 7.66. The summed E-state index contributed by atoms with van der Waals surface area (Å²) in [6.45, 7) is 19.0. The average molecular weight is 347 g/mol. The largest absolute Gasteiger partial charge is 0.248 e. The van der Waals surface area contributed by atoms with Crippen molar-refractivity contribution in [3.05, 3.63) is 35.9 Å². The van der Waals surface area contributed by atoms with Crippen LogP contribution in [0.5, 0.6) is 0 Å². The molecule has 126 valence electrons. The summed E-state index contributed by atoms with van der Waals surface area (Å²) >= 11 is 0. The van der Waals surface area contributed by atoms with Gasteiger partial charge in [-0.05, 0) is 47.5 Å². The maximum Gasteiger partial charge on any atom is 0.0709 e. The van der Waals surface area contributed by atoms with Gasteiger partial charge in [-0.25, -0.2) is 4.98 Å². The van der Waals surface area contributed by atoms with E-state index < -0.39 is 0 Å². The number of pyridine rings is 1. The van der Waals surface area contributed by atoms with Gasteiger partial charge in [0.15, 0.2) is 0 Å². The summed E-state index contributed by atoms with van der Waals surface area (Å²) in [5.41, 5.74) is 3.99. The van der Waals surface area contributed by atoms with Crippen molar-refractivity contribution in [2.75, 3.05) is 13.3 Å². The third-order valence-electron chi connectivity index (χ3n) is 4.66. The highest BCUT2D eigenvalue weighted by Gasteiger charge is 2.27. The highest BCUT2D eigenvalue weighted by atomic mass is 31.1. The average Bonchev–Trinajstić information content (AvgIpc) is 2.43. The summed E-state index contributed by atoms with van der Waals surface area (Å²) in [5, 5.41) is 1.95. The van der Waals surface area contributed by atoms with E-state index in [1.165, 1.54) is 22.5 Å². The van der Waals surface area contributed by atoms with Gasteiger partial charge in [0.1, 0.15) is 0 Å². The number of rotatable bonds is 3. The van der Waals surface area contributed by atoms with Crippen LogP contribution in [0, 0.1) is 0 Å². The number of benzene rings is 1. The van der Waals surface area contributed by atoms with Gasteiger partial charge in [-0.3, -0.25) is 0 Å². The van der Waals surface area contributed by atoms with Crippen LogP contribution >= 0.6 is 15.8 Å². The maximum absolute atomic E-state index is 5.12. The minimum Gasteiger partial charge on any atom is -0.248 e. The first-order chi connectivity index (χ1) is 10.5. The fraction of sp³-hybridized carbons (Fsp3) is 0.550. The van der Waals surface area contributed by atoms with E-state index in [9.17, 15) is 0 Å². The minimum atomic E-state index is -0.278. The van der Waals surface area contributed by atoms with Crippen molar-refractivity contribution in [2.24, 2.45) is 0 Å². The van der Waals surface area contributed by atoms with Gasteiger partial charge in [-0.1, -0.05) is 75.6 Å². The number of para-hydroxylation sites is 1. The molecule has 0 fully saturated rings. The van der Waals surface area contributed by atoms with Gasteiger partial charge in [-0.15, -0.1) is 0 Å². The van der Waals surface area contributed by atoms with Gasteiger partial charge in [0.25, 0.3) is 0 Å². The Morgan fingerprint density at radius 1 is 0.913 bits per heavy atom. The number of fused-ring (bicyclic) bond motifs is 1. The van der Waals surface area contributed by atoms with Crippen molar-refractivity contribution in [3.63, 3.8) is 0 Å². The van der Waals surface area contributed by atoms with Crippen molar-refractivity contribution in [1.82, 2.24) is 4.98 Å². The van der Waals surface area contributed by atoms with Crippen LogP contribution in [0.1, 0.15) is 47.1 Å². The highest BCUT2D eigenvalue weighted by Crippen LogP contribution is 2.51. The zero-order valence-electron chi connectivity index (χ0n) is 15.9. The lowest BCUT2D eigenvalue weighted by molar-refractivity contribution is 0.782. The molecule has 2 aromatic rings. The van der Waals surface area contributed by atoms with Crippen molar-refractivity contribution < 1.29 is 0 Å². The summed E-state index contributed by atoms with van der Waals surface area (Å²) < 4.78 is 0. The Morgan fingerprint density at radius 2 is 1.52 bits per heavy atom. The van der Waals surface area contributed by atoms with Crippen LogP contribution in [0.3, 0.4) is 0 Å². The maximum atomic E-state index is 5.12. The van der Waals surface area contributed by atoms with Crippen molar-refractivity contribution in [2.45, 2.75) is 58.0 Å². The molecule has 0 aliphatic heterocycles. The molecule has 0 radical (unpaired) electrons. The van der Waals surface area contributed by atoms with Crippen LogP contribution in [0.15, 0.2) is 30.3 Å². The number of hydrogen-bond donors (Lipinski definition) is 0. The fourth-order valence-electron chi connectivity index (χ4n) is 2.37. The van der Waals surface area contributed by atoms with E-state index in [1.54, 1.807) is 0 Å². The molecule has 1 nitrogen and oxygen atoms in total. The molecule has 2 unspecified atom stereocenters. The molecule has 0 spiro atoms. The molecule has 0 aliphatic rings. The monoisotopic (exact) mass is 347 g/mol. The molecular weight excluding hydrogens is 316 g/mol. The molecule has 0 saturated heterocycles. The molecule has 0 N–H and O–H groups in total. The van der Waals surface area contributed by atoms with E-state index in [0.717, 1.165) is 5.52 Å². The lowest BCUT2D eigenvalue weighted by Crippen LogP contribution is -2.24. The topological polar surface area (TPSA) is 12.9 Å². The Bertz CT molecular complexity index is 680. The second-order valence-electron chi connectivity index (χ2n) is 8.42. The van der Waals surface area contributed by atoms with Crippen molar-refractivity contribution in [3.8, 4) is 0 Å². The molecule has 23 heavy (non-hydrogen) atoms. The van der Waals surface area contributed by atoms with E-state index in [-0.39, 0.29) is 21.0 Å². The van der Waals surface area contributed by atoms with E-state index in [0.29, 0.717) is 5.16 Å².